The molecule has 3 heterocycles. The normalized spacial score (nSPS) is 19.0. The second-order valence-corrected chi connectivity index (χ2v) is 8.32. The molecule has 1 N–H and O–H groups in total. The average Bonchev–Trinajstić information content (AvgIpc) is 3.27. The molecule has 10 heteroatoms. The van der Waals surface area contributed by atoms with Crippen LogP contribution in [0.1, 0.15) is 10.4 Å². The summed E-state index contributed by atoms with van der Waals surface area (Å²) >= 11 is 8.24. The number of nitrogens with one attached hydrogen (secondary N) is 1. The van der Waals surface area contributed by atoms with Gasteiger partial charge in [-0.25, -0.2) is 0 Å². The molecule has 30 heavy (non-hydrogen) atoms. The zero-order valence-electron chi connectivity index (χ0n) is 16.1. The first-order valence-corrected chi connectivity index (χ1v) is 11.1. The fourth-order valence-electron chi connectivity index (χ4n) is 3.58. The lowest BCUT2D eigenvalue weighted by Crippen LogP contribution is -2.42. The molecule has 8 nitrogen and oxygen atoms in total. The number of hydrogen-bond acceptors (Lipinski definition) is 7. The Hall–Kier alpha value is -2.54. The number of morpholine rings is 1. The van der Waals surface area contributed by atoms with Crippen molar-refractivity contribution in [3.05, 3.63) is 35.0 Å². The third-order valence-corrected chi connectivity index (χ3v) is 6.57. The number of ether oxygens (including phenoxy) is 1. The molecule has 1 atom stereocenters. The van der Waals surface area contributed by atoms with Crippen LogP contribution in [0.15, 0.2) is 24.4 Å². The molecule has 4 rings (SSSR count). The van der Waals surface area contributed by atoms with Gasteiger partial charge in [0.2, 0.25) is 5.91 Å². The van der Waals surface area contributed by atoms with Crippen LogP contribution in [0, 0.1) is 11.3 Å². The van der Waals surface area contributed by atoms with Crippen molar-refractivity contribution < 1.29 is 14.3 Å². The van der Waals surface area contributed by atoms with Crippen LogP contribution in [0.25, 0.3) is 10.9 Å². The predicted octanol–water partition coefficient (Wildman–Crippen LogP) is 1.88. The molecule has 2 aliphatic rings. The van der Waals surface area contributed by atoms with Crippen LogP contribution < -0.4 is 10.2 Å². The van der Waals surface area contributed by atoms with Gasteiger partial charge < -0.3 is 19.9 Å². The third-order valence-electron chi connectivity index (χ3n) is 5.17. The highest BCUT2D eigenvalue weighted by Gasteiger charge is 2.29. The Balaban J connectivity index is 1.56. The first kappa shape index (κ1) is 20.7. The molecule has 0 spiro atoms. The highest BCUT2D eigenvalue weighted by molar-refractivity contribution is 7.99. The molecular weight excluding hydrogens is 426 g/mol. The predicted molar refractivity (Wildman–Crippen MR) is 116 cm³/mol. The molecule has 0 bridgehead atoms. The first-order valence-electron chi connectivity index (χ1n) is 9.55. The molecule has 156 valence electrons. The zero-order valence-corrected chi connectivity index (χ0v) is 17.7. The average molecular weight is 446 g/mol. The van der Waals surface area contributed by atoms with Gasteiger partial charge in [-0.3, -0.25) is 14.6 Å². The van der Waals surface area contributed by atoms with Gasteiger partial charge >= 0.3 is 0 Å². The van der Waals surface area contributed by atoms with Crippen molar-refractivity contribution in [3.63, 3.8) is 0 Å². The maximum atomic E-state index is 12.9. The number of nitrogens with zero attached hydrogens (tertiary/aromatic N) is 4. The minimum atomic E-state index is -0.452. The maximum Gasteiger partial charge on any atom is 0.252 e. The first-order chi connectivity index (χ1) is 14.6. The lowest BCUT2D eigenvalue weighted by atomic mass is 10.1. The molecule has 2 amide bonds. The topological polar surface area (TPSA) is 98.6 Å². The van der Waals surface area contributed by atoms with Crippen molar-refractivity contribution in [2.24, 2.45) is 0 Å². The summed E-state index contributed by atoms with van der Waals surface area (Å²) in [6.45, 7) is 2.50. The summed E-state index contributed by atoms with van der Waals surface area (Å²) in [6.07, 6.45) is 1.55. The Bertz CT molecular complexity index is 1020. The molecule has 1 aromatic carbocycles. The summed E-state index contributed by atoms with van der Waals surface area (Å²) in [4.78, 5) is 33.3. The Morgan fingerprint density at radius 3 is 2.90 bits per heavy atom. The Morgan fingerprint density at radius 1 is 1.33 bits per heavy atom. The van der Waals surface area contributed by atoms with E-state index in [1.807, 2.05) is 12.1 Å². The van der Waals surface area contributed by atoms with Gasteiger partial charge in [-0.05, 0) is 18.2 Å². The largest absolute Gasteiger partial charge is 0.378 e. The lowest BCUT2D eigenvalue weighted by Gasteiger charge is -2.30. The Morgan fingerprint density at radius 2 is 2.13 bits per heavy atom. The summed E-state index contributed by atoms with van der Waals surface area (Å²) in [6, 6.07) is 7.01. The lowest BCUT2D eigenvalue weighted by molar-refractivity contribution is -0.129. The van der Waals surface area contributed by atoms with E-state index in [1.165, 1.54) is 16.7 Å². The standard InChI is InChI=1S/C20H20ClN5O3S/c21-19-16(25-5-7-29-8-6-25)2-1-15-18(19)14(3-4-23-15)20(28)24-10-17(27)26-12-30-11-13(26)9-22/h1-4,13H,5-8,10-12H2,(H,24,28). The number of pyridine rings is 1. The van der Waals surface area contributed by atoms with Crippen molar-refractivity contribution >= 4 is 51.8 Å². The monoisotopic (exact) mass is 445 g/mol. The molecule has 0 radical (unpaired) electrons. The number of thioether (sulfide) groups is 1. The van der Waals surface area contributed by atoms with E-state index in [1.54, 1.807) is 12.3 Å². The van der Waals surface area contributed by atoms with Gasteiger partial charge in [0.05, 0.1) is 53.5 Å². The van der Waals surface area contributed by atoms with E-state index in [4.69, 9.17) is 21.6 Å². The van der Waals surface area contributed by atoms with Crippen molar-refractivity contribution in [3.8, 4) is 6.07 Å². The number of fused-ring (bicyclic) bond motifs is 1. The Labute approximate surface area is 183 Å². The molecule has 0 aliphatic carbocycles. The summed E-state index contributed by atoms with van der Waals surface area (Å²) in [5.41, 5.74) is 1.80. The van der Waals surface area contributed by atoms with E-state index in [0.29, 0.717) is 46.3 Å². The number of carbonyl (C=O) groups excluding carboxylic acids is 2. The number of benzene rings is 1. The fraction of sp³-hybridized carbons (Fsp3) is 0.400. The van der Waals surface area contributed by atoms with Gasteiger partial charge in [0, 0.05) is 30.4 Å². The van der Waals surface area contributed by atoms with Crippen LogP contribution in [0.4, 0.5) is 5.69 Å². The number of aromatic nitrogens is 1. The van der Waals surface area contributed by atoms with E-state index in [9.17, 15) is 9.59 Å². The van der Waals surface area contributed by atoms with Crippen molar-refractivity contribution in [2.75, 3.05) is 49.4 Å². The SMILES string of the molecule is N#CC1CSCN1C(=O)CNC(=O)c1ccnc2ccc(N3CCOCC3)c(Cl)c12. The van der Waals surface area contributed by atoms with Gasteiger partial charge in [-0.15, -0.1) is 11.8 Å². The summed E-state index contributed by atoms with van der Waals surface area (Å²) < 4.78 is 5.40. The molecule has 1 unspecified atom stereocenters. The second kappa shape index (κ2) is 9.08. The maximum absolute atomic E-state index is 12.9. The molecular formula is C20H20ClN5O3S. The smallest absolute Gasteiger partial charge is 0.252 e. The van der Waals surface area contributed by atoms with Crippen LogP contribution in [-0.2, 0) is 9.53 Å². The van der Waals surface area contributed by atoms with E-state index in [-0.39, 0.29) is 12.5 Å². The molecule has 2 aliphatic heterocycles. The van der Waals surface area contributed by atoms with Crippen LogP contribution in [0.2, 0.25) is 5.02 Å². The molecule has 1 aromatic heterocycles. The molecule has 2 fully saturated rings. The van der Waals surface area contributed by atoms with E-state index < -0.39 is 11.9 Å². The summed E-state index contributed by atoms with van der Waals surface area (Å²) in [7, 11) is 0. The van der Waals surface area contributed by atoms with Crippen molar-refractivity contribution in [1.29, 1.82) is 5.26 Å². The zero-order chi connectivity index (χ0) is 21.1. The number of carbonyl (C=O) groups is 2. The number of halogens is 1. The van der Waals surface area contributed by atoms with E-state index in [0.717, 1.165) is 18.8 Å². The van der Waals surface area contributed by atoms with Gasteiger partial charge in [0.15, 0.2) is 0 Å². The number of hydrogen-bond donors (Lipinski definition) is 1. The van der Waals surface area contributed by atoms with Gasteiger partial charge in [-0.2, -0.15) is 5.26 Å². The highest BCUT2D eigenvalue weighted by atomic mass is 35.5. The quantitative estimate of drug-likeness (QED) is 0.767. The molecule has 0 saturated carbocycles. The number of anilines is 1. The number of amides is 2. The Kier molecular flexibility index (Phi) is 6.27. The van der Waals surface area contributed by atoms with E-state index in [2.05, 4.69) is 21.3 Å². The van der Waals surface area contributed by atoms with Crippen LogP contribution >= 0.6 is 23.4 Å². The van der Waals surface area contributed by atoms with Gasteiger partial charge in [0.25, 0.3) is 5.91 Å². The van der Waals surface area contributed by atoms with Crippen LogP contribution in [0.3, 0.4) is 0 Å². The molecule has 2 saturated heterocycles. The van der Waals surface area contributed by atoms with Crippen LogP contribution in [-0.4, -0.2) is 72.2 Å². The minimum Gasteiger partial charge on any atom is -0.378 e. The third kappa shape index (κ3) is 4.03. The van der Waals surface area contributed by atoms with Gasteiger partial charge in [0.1, 0.15) is 6.04 Å². The van der Waals surface area contributed by atoms with Crippen molar-refractivity contribution in [2.45, 2.75) is 6.04 Å². The minimum absolute atomic E-state index is 0.178. The summed E-state index contributed by atoms with van der Waals surface area (Å²) in [5.74, 6) is 0.362. The fourth-order valence-corrected chi connectivity index (χ4v) is 5.06. The second-order valence-electron chi connectivity index (χ2n) is 6.94. The van der Waals surface area contributed by atoms with E-state index >= 15 is 0 Å². The number of nitriles is 1. The van der Waals surface area contributed by atoms with Gasteiger partial charge in [-0.1, -0.05) is 11.6 Å². The summed E-state index contributed by atoms with van der Waals surface area (Å²) in [5, 5.41) is 12.8. The van der Waals surface area contributed by atoms with Crippen molar-refractivity contribution in [1.82, 2.24) is 15.2 Å². The number of rotatable bonds is 4. The molecule has 2 aromatic rings. The van der Waals surface area contributed by atoms with Crippen LogP contribution in [0.5, 0.6) is 0 Å². The highest BCUT2D eigenvalue weighted by Crippen LogP contribution is 2.35.